The molecule has 1 aliphatic rings. The van der Waals surface area contributed by atoms with E-state index in [1.807, 2.05) is 20.8 Å². The number of carbonyl (C=O) groups excluding carboxylic acids is 1. The van der Waals surface area contributed by atoms with E-state index in [0.29, 0.717) is 22.4 Å². The molecular formula is C13H21N3O2S. The van der Waals surface area contributed by atoms with E-state index in [0.717, 1.165) is 24.4 Å². The Kier molecular flexibility index (Phi) is 4.19. The zero-order valence-corrected chi connectivity index (χ0v) is 12.4. The van der Waals surface area contributed by atoms with Gasteiger partial charge in [-0.3, -0.25) is 4.79 Å². The second kappa shape index (κ2) is 5.69. The minimum absolute atomic E-state index is 0.0219. The van der Waals surface area contributed by atoms with Crippen LogP contribution in [0.3, 0.4) is 0 Å². The summed E-state index contributed by atoms with van der Waals surface area (Å²) in [5, 5.41) is 6.98. The summed E-state index contributed by atoms with van der Waals surface area (Å²) in [6.07, 6.45) is 2.15. The molecule has 0 spiro atoms. The molecule has 0 radical (unpaired) electrons. The molecule has 1 fully saturated rings. The van der Waals surface area contributed by atoms with E-state index >= 15 is 0 Å². The summed E-state index contributed by atoms with van der Waals surface area (Å²) in [6.45, 7) is 6.64. The van der Waals surface area contributed by atoms with E-state index in [2.05, 4.69) is 10.6 Å². The number of nitrogen functional groups attached to an aromatic ring is 1. The van der Waals surface area contributed by atoms with Crippen LogP contribution in [0.25, 0.3) is 0 Å². The molecule has 0 aliphatic heterocycles. The van der Waals surface area contributed by atoms with Crippen molar-refractivity contribution in [1.29, 1.82) is 0 Å². The molecule has 6 heteroatoms. The molecule has 1 aliphatic carbocycles. The minimum atomic E-state index is -0.0947. The summed E-state index contributed by atoms with van der Waals surface area (Å²) >= 11 is 1.36. The first kappa shape index (κ1) is 14.0. The Morgan fingerprint density at radius 2 is 2.21 bits per heavy atom. The van der Waals surface area contributed by atoms with Gasteiger partial charge in [-0.05, 0) is 33.6 Å². The molecular weight excluding hydrogens is 262 g/mol. The molecule has 0 bridgehead atoms. The van der Waals surface area contributed by atoms with Crippen LogP contribution in [0, 0.1) is 0 Å². The standard InChI is InChI=1S/C13H21N3O2S/c1-4-15-13-10(18-7(2)3)9(14)11(19-13)12(17)16-8-5-6-8/h7-8,15H,4-6,14H2,1-3H3,(H,16,17). The van der Waals surface area contributed by atoms with Crippen molar-refractivity contribution in [3.8, 4) is 5.75 Å². The third-order valence-corrected chi connectivity index (χ3v) is 3.85. The van der Waals surface area contributed by atoms with Crippen molar-refractivity contribution in [3.63, 3.8) is 0 Å². The topological polar surface area (TPSA) is 76.4 Å². The first-order valence-corrected chi connectivity index (χ1v) is 7.48. The van der Waals surface area contributed by atoms with Gasteiger partial charge in [0.25, 0.3) is 5.91 Å². The van der Waals surface area contributed by atoms with Gasteiger partial charge in [-0.25, -0.2) is 0 Å². The Labute approximate surface area is 117 Å². The molecule has 1 aromatic heterocycles. The van der Waals surface area contributed by atoms with Crippen molar-refractivity contribution in [2.24, 2.45) is 0 Å². The second-order valence-corrected chi connectivity index (χ2v) is 5.97. The Morgan fingerprint density at radius 1 is 1.53 bits per heavy atom. The van der Waals surface area contributed by atoms with Gasteiger partial charge in [-0.15, -0.1) is 11.3 Å². The monoisotopic (exact) mass is 283 g/mol. The molecule has 2 rings (SSSR count). The van der Waals surface area contributed by atoms with Gasteiger partial charge in [0.1, 0.15) is 15.6 Å². The number of anilines is 2. The average Bonchev–Trinajstić information content (AvgIpc) is 3.09. The lowest BCUT2D eigenvalue weighted by molar-refractivity contribution is 0.0955. The summed E-state index contributed by atoms with van der Waals surface area (Å²) in [6, 6.07) is 0.325. The first-order valence-electron chi connectivity index (χ1n) is 6.66. The van der Waals surface area contributed by atoms with Crippen LogP contribution in [-0.4, -0.2) is 24.6 Å². The number of thiophene rings is 1. The number of ether oxygens (including phenoxy) is 1. The number of carbonyl (C=O) groups is 1. The van der Waals surface area contributed by atoms with Gasteiger partial charge >= 0.3 is 0 Å². The van der Waals surface area contributed by atoms with Crippen molar-refractivity contribution >= 4 is 27.9 Å². The third kappa shape index (κ3) is 3.32. The van der Waals surface area contributed by atoms with E-state index in [9.17, 15) is 4.79 Å². The molecule has 1 saturated carbocycles. The predicted octanol–water partition coefficient (Wildman–Crippen LogP) is 2.44. The Morgan fingerprint density at radius 3 is 2.74 bits per heavy atom. The molecule has 1 amide bonds. The number of hydrogen-bond acceptors (Lipinski definition) is 5. The van der Waals surface area contributed by atoms with Gasteiger partial charge in [-0.1, -0.05) is 0 Å². The number of rotatable bonds is 6. The Balaban J connectivity index is 2.24. The second-order valence-electron chi connectivity index (χ2n) is 4.95. The summed E-state index contributed by atoms with van der Waals surface area (Å²) in [5.74, 6) is 0.505. The Bertz CT molecular complexity index is 467. The van der Waals surface area contributed by atoms with Crippen molar-refractivity contribution in [1.82, 2.24) is 5.32 Å². The van der Waals surface area contributed by atoms with Crippen molar-refractivity contribution in [3.05, 3.63) is 4.88 Å². The number of nitrogens with one attached hydrogen (secondary N) is 2. The highest BCUT2D eigenvalue weighted by molar-refractivity contribution is 7.19. The number of amides is 1. The minimum Gasteiger partial charge on any atom is -0.486 e. The lowest BCUT2D eigenvalue weighted by Gasteiger charge is -2.11. The van der Waals surface area contributed by atoms with Crippen LogP contribution in [0.5, 0.6) is 5.75 Å². The van der Waals surface area contributed by atoms with Crippen LogP contribution < -0.4 is 21.1 Å². The highest BCUT2D eigenvalue weighted by Gasteiger charge is 2.28. The maximum Gasteiger partial charge on any atom is 0.263 e. The highest BCUT2D eigenvalue weighted by Crippen LogP contribution is 2.43. The third-order valence-electron chi connectivity index (χ3n) is 2.71. The van der Waals surface area contributed by atoms with Crippen molar-refractivity contribution in [2.75, 3.05) is 17.6 Å². The van der Waals surface area contributed by atoms with Gasteiger partial charge in [0.05, 0.1) is 6.10 Å². The largest absolute Gasteiger partial charge is 0.486 e. The van der Waals surface area contributed by atoms with Crippen LogP contribution in [0.1, 0.15) is 43.3 Å². The normalized spacial score (nSPS) is 14.5. The van der Waals surface area contributed by atoms with E-state index in [4.69, 9.17) is 10.5 Å². The van der Waals surface area contributed by atoms with Crippen LogP contribution in [0.2, 0.25) is 0 Å². The molecule has 0 saturated heterocycles. The van der Waals surface area contributed by atoms with Gasteiger partial charge in [0.15, 0.2) is 5.75 Å². The molecule has 1 aromatic rings. The Hall–Kier alpha value is -1.43. The van der Waals surface area contributed by atoms with Crippen LogP contribution in [-0.2, 0) is 0 Å². The predicted molar refractivity (Wildman–Crippen MR) is 79.1 cm³/mol. The van der Waals surface area contributed by atoms with Gasteiger partial charge < -0.3 is 21.1 Å². The lowest BCUT2D eigenvalue weighted by atomic mass is 10.3. The average molecular weight is 283 g/mol. The quantitative estimate of drug-likeness (QED) is 0.749. The summed E-state index contributed by atoms with van der Waals surface area (Å²) in [7, 11) is 0. The fourth-order valence-corrected chi connectivity index (χ4v) is 2.73. The number of nitrogens with two attached hydrogens (primary N) is 1. The van der Waals surface area contributed by atoms with Crippen molar-refractivity contribution in [2.45, 2.75) is 45.8 Å². The van der Waals surface area contributed by atoms with Crippen molar-refractivity contribution < 1.29 is 9.53 Å². The molecule has 4 N–H and O–H groups in total. The maximum absolute atomic E-state index is 12.1. The fourth-order valence-electron chi connectivity index (χ4n) is 1.71. The van der Waals surface area contributed by atoms with E-state index < -0.39 is 0 Å². The van der Waals surface area contributed by atoms with Crippen LogP contribution >= 0.6 is 11.3 Å². The van der Waals surface area contributed by atoms with Crippen LogP contribution in [0.15, 0.2) is 0 Å². The molecule has 5 nitrogen and oxygen atoms in total. The SMILES string of the molecule is CCNc1sc(C(=O)NC2CC2)c(N)c1OC(C)C. The molecule has 1 heterocycles. The zero-order chi connectivity index (χ0) is 14.0. The summed E-state index contributed by atoms with van der Waals surface area (Å²) in [4.78, 5) is 12.6. The first-order chi connectivity index (χ1) is 9.02. The molecule has 106 valence electrons. The summed E-state index contributed by atoms with van der Waals surface area (Å²) < 4.78 is 5.72. The van der Waals surface area contributed by atoms with E-state index in [1.54, 1.807) is 0 Å². The van der Waals surface area contributed by atoms with E-state index in [-0.39, 0.29) is 12.0 Å². The fraction of sp³-hybridized carbons (Fsp3) is 0.615. The lowest BCUT2D eigenvalue weighted by Crippen LogP contribution is -2.25. The van der Waals surface area contributed by atoms with Gasteiger partial charge in [0, 0.05) is 12.6 Å². The van der Waals surface area contributed by atoms with Gasteiger partial charge in [0.2, 0.25) is 0 Å². The summed E-state index contributed by atoms with van der Waals surface area (Å²) in [5.41, 5.74) is 6.50. The van der Waals surface area contributed by atoms with E-state index in [1.165, 1.54) is 11.3 Å². The van der Waals surface area contributed by atoms with Crippen LogP contribution in [0.4, 0.5) is 10.7 Å². The highest BCUT2D eigenvalue weighted by atomic mass is 32.1. The zero-order valence-electron chi connectivity index (χ0n) is 11.6. The molecule has 19 heavy (non-hydrogen) atoms. The number of hydrogen-bond donors (Lipinski definition) is 3. The maximum atomic E-state index is 12.1. The molecule has 0 unspecified atom stereocenters. The molecule has 0 aromatic carbocycles. The van der Waals surface area contributed by atoms with Gasteiger partial charge in [-0.2, -0.15) is 0 Å². The molecule has 0 atom stereocenters. The smallest absolute Gasteiger partial charge is 0.263 e.